The SMILES string of the molecule is CCN1CCN(c2ccc(NC(=O)CN3CCCC3c3cccs3)cc2)CC1. The van der Waals surface area contributed by atoms with E-state index in [0.717, 1.165) is 57.8 Å². The Morgan fingerprint density at radius 3 is 2.57 bits per heavy atom. The monoisotopic (exact) mass is 398 g/mol. The smallest absolute Gasteiger partial charge is 0.238 e. The van der Waals surface area contributed by atoms with Gasteiger partial charge in [0.15, 0.2) is 0 Å². The first kappa shape index (κ1) is 19.4. The summed E-state index contributed by atoms with van der Waals surface area (Å²) in [4.78, 5) is 21.2. The maximum absolute atomic E-state index is 12.6. The maximum atomic E-state index is 12.6. The van der Waals surface area contributed by atoms with Crippen LogP contribution in [0.3, 0.4) is 0 Å². The van der Waals surface area contributed by atoms with Gasteiger partial charge in [0.05, 0.1) is 6.54 Å². The minimum absolute atomic E-state index is 0.0766. The molecular weight excluding hydrogens is 368 g/mol. The fourth-order valence-electron chi connectivity index (χ4n) is 4.28. The molecule has 6 heteroatoms. The van der Waals surface area contributed by atoms with Crippen molar-refractivity contribution in [2.24, 2.45) is 0 Å². The molecule has 1 aromatic heterocycles. The summed E-state index contributed by atoms with van der Waals surface area (Å²) in [7, 11) is 0. The topological polar surface area (TPSA) is 38.8 Å². The average molecular weight is 399 g/mol. The van der Waals surface area contributed by atoms with Crippen LogP contribution in [0.4, 0.5) is 11.4 Å². The molecule has 1 N–H and O–H groups in total. The number of benzene rings is 1. The van der Waals surface area contributed by atoms with Crippen molar-refractivity contribution in [3.8, 4) is 0 Å². The van der Waals surface area contributed by atoms with E-state index in [4.69, 9.17) is 0 Å². The van der Waals surface area contributed by atoms with Gasteiger partial charge in [0.2, 0.25) is 5.91 Å². The lowest BCUT2D eigenvalue weighted by Crippen LogP contribution is -2.46. The number of carbonyl (C=O) groups is 1. The first-order chi connectivity index (χ1) is 13.7. The average Bonchev–Trinajstić information content (AvgIpc) is 3.40. The van der Waals surface area contributed by atoms with Gasteiger partial charge in [-0.05, 0) is 61.6 Å². The van der Waals surface area contributed by atoms with E-state index < -0.39 is 0 Å². The maximum Gasteiger partial charge on any atom is 0.238 e. The van der Waals surface area contributed by atoms with Gasteiger partial charge in [-0.25, -0.2) is 0 Å². The third-order valence-electron chi connectivity index (χ3n) is 5.92. The van der Waals surface area contributed by atoms with Crippen molar-refractivity contribution in [2.75, 3.05) is 56.0 Å². The number of likely N-dealkylation sites (tertiary alicyclic amines) is 1. The zero-order valence-electron chi connectivity index (χ0n) is 16.6. The summed E-state index contributed by atoms with van der Waals surface area (Å²) in [5.41, 5.74) is 2.12. The normalized spacial score (nSPS) is 21.2. The van der Waals surface area contributed by atoms with Crippen LogP contribution in [0.25, 0.3) is 0 Å². The van der Waals surface area contributed by atoms with Crippen LogP contribution in [0.5, 0.6) is 0 Å². The van der Waals surface area contributed by atoms with E-state index in [1.807, 2.05) is 12.1 Å². The molecule has 2 saturated heterocycles. The molecule has 0 spiro atoms. The van der Waals surface area contributed by atoms with Crippen molar-refractivity contribution < 1.29 is 4.79 Å². The third-order valence-corrected chi connectivity index (χ3v) is 6.89. The largest absolute Gasteiger partial charge is 0.369 e. The number of thiophene rings is 1. The lowest BCUT2D eigenvalue weighted by Gasteiger charge is -2.35. The number of hydrogen-bond donors (Lipinski definition) is 1. The molecule has 0 aliphatic carbocycles. The van der Waals surface area contributed by atoms with E-state index in [-0.39, 0.29) is 5.91 Å². The molecule has 2 fully saturated rings. The second-order valence-corrected chi connectivity index (χ2v) is 8.64. The van der Waals surface area contributed by atoms with Gasteiger partial charge in [0.1, 0.15) is 0 Å². The Labute approximate surface area is 171 Å². The number of carbonyl (C=O) groups excluding carboxylic acids is 1. The molecule has 1 aromatic carbocycles. The number of nitrogens with one attached hydrogen (secondary N) is 1. The molecule has 2 aromatic rings. The number of piperazine rings is 1. The quantitative estimate of drug-likeness (QED) is 0.806. The molecule has 0 bridgehead atoms. The van der Waals surface area contributed by atoms with Gasteiger partial charge in [0.25, 0.3) is 0 Å². The number of anilines is 2. The molecule has 2 aliphatic rings. The van der Waals surface area contributed by atoms with Gasteiger partial charge in [-0.3, -0.25) is 9.69 Å². The van der Waals surface area contributed by atoms with Gasteiger partial charge < -0.3 is 15.1 Å². The Morgan fingerprint density at radius 1 is 1.11 bits per heavy atom. The number of amides is 1. The Morgan fingerprint density at radius 2 is 1.89 bits per heavy atom. The van der Waals surface area contributed by atoms with Crippen molar-refractivity contribution in [3.63, 3.8) is 0 Å². The number of rotatable bonds is 6. The predicted octanol–water partition coefficient (Wildman–Crippen LogP) is 3.67. The second kappa shape index (κ2) is 9.07. The van der Waals surface area contributed by atoms with E-state index in [1.165, 1.54) is 10.6 Å². The summed E-state index contributed by atoms with van der Waals surface area (Å²) in [6.45, 7) is 9.19. The van der Waals surface area contributed by atoms with Crippen LogP contribution in [-0.4, -0.2) is 61.5 Å². The molecule has 1 unspecified atom stereocenters. The van der Waals surface area contributed by atoms with Crippen molar-refractivity contribution in [2.45, 2.75) is 25.8 Å². The van der Waals surface area contributed by atoms with Crippen LogP contribution in [-0.2, 0) is 4.79 Å². The summed E-state index contributed by atoms with van der Waals surface area (Å²) in [6.07, 6.45) is 2.31. The van der Waals surface area contributed by atoms with Gasteiger partial charge in [0, 0.05) is 48.5 Å². The van der Waals surface area contributed by atoms with Crippen LogP contribution in [0.2, 0.25) is 0 Å². The van der Waals surface area contributed by atoms with Crippen molar-refractivity contribution in [1.82, 2.24) is 9.80 Å². The van der Waals surface area contributed by atoms with Gasteiger partial charge >= 0.3 is 0 Å². The molecular formula is C22H30N4OS. The fourth-order valence-corrected chi connectivity index (χ4v) is 5.18. The molecule has 28 heavy (non-hydrogen) atoms. The van der Waals surface area contributed by atoms with Gasteiger partial charge in [-0.15, -0.1) is 11.3 Å². The molecule has 1 amide bonds. The molecule has 0 radical (unpaired) electrons. The molecule has 4 rings (SSSR count). The van der Waals surface area contributed by atoms with Crippen LogP contribution in [0.1, 0.15) is 30.7 Å². The highest BCUT2D eigenvalue weighted by atomic mass is 32.1. The third kappa shape index (κ3) is 4.57. The number of likely N-dealkylation sites (N-methyl/N-ethyl adjacent to an activating group) is 1. The molecule has 1 atom stereocenters. The van der Waals surface area contributed by atoms with Crippen LogP contribution in [0, 0.1) is 0 Å². The zero-order chi connectivity index (χ0) is 19.3. The molecule has 0 saturated carbocycles. The van der Waals surface area contributed by atoms with Gasteiger partial charge in [-0.2, -0.15) is 0 Å². The van der Waals surface area contributed by atoms with Crippen LogP contribution >= 0.6 is 11.3 Å². The molecule has 3 heterocycles. The molecule has 150 valence electrons. The van der Waals surface area contributed by atoms with Crippen LogP contribution < -0.4 is 10.2 Å². The second-order valence-electron chi connectivity index (χ2n) is 7.66. The van der Waals surface area contributed by atoms with Crippen molar-refractivity contribution >= 4 is 28.6 Å². The zero-order valence-corrected chi connectivity index (χ0v) is 17.5. The summed E-state index contributed by atoms with van der Waals surface area (Å²) < 4.78 is 0. The van der Waals surface area contributed by atoms with Crippen molar-refractivity contribution in [1.29, 1.82) is 0 Å². The first-order valence-electron chi connectivity index (χ1n) is 10.4. The van der Waals surface area contributed by atoms with E-state index in [2.05, 4.69) is 56.6 Å². The summed E-state index contributed by atoms with van der Waals surface area (Å²) in [6, 6.07) is 13.0. The van der Waals surface area contributed by atoms with Gasteiger partial charge in [-0.1, -0.05) is 13.0 Å². The summed E-state index contributed by atoms with van der Waals surface area (Å²) >= 11 is 1.79. The highest BCUT2D eigenvalue weighted by Gasteiger charge is 2.28. The molecule has 5 nitrogen and oxygen atoms in total. The van der Waals surface area contributed by atoms with E-state index in [9.17, 15) is 4.79 Å². The minimum atomic E-state index is 0.0766. The van der Waals surface area contributed by atoms with E-state index in [1.54, 1.807) is 11.3 Å². The van der Waals surface area contributed by atoms with Crippen molar-refractivity contribution in [3.05, 3.63) is 46.7 Å². The molecule has 2 aliphatic heterocycles. The number of nitrogens with zero attached hydrogens (tertiary/aromatic N) is 3. The summed E-state index contributed by atoms with van der Waals surface area (Å²) in [5.74, 6) is 0.0766. The highest BCUT2D eigenvalue weighted by Crippen LogP contribution is 2.34. The lowest BCUT2D eigenvalue weighted by molar-refractivity contribution is -0.117. The Hall–Kier alpha value is -1.89. The Balaban J connectivity index is 1.30. The minimum Gasteiger partial charge on any atom is -0.369 e. The predicted molar refractivity (Wildman–Crippen MR) is 117 cm³/mol. The standard InChI is InChI=1S/C22H30N4OS/c1-2-24-12-14-25(15-13-24)19-9-7-18(8-10-19)23-22(27)17-26-11-3-5-20(26)21-6-4-16-28-21/h4,6-10,16,20H,2-3,5,11-15,17H2,1H3,(H,23,27). The Kier molecular flexibility index (Phi) is 6.29. The lowest BCUT2D eigenvalue weighted by atomic mass is 10.2. The van der Waals surface area contributed by atoms with E-state index >= 15 is 0 Å². The highest BCUT2D eigenvalue weighted by molar-refractivity contribution is 7.10. The summed E-state index contributed by atoms with van der Waals surface area (Å²) in [5, 5.41) is 5.20. The fraction of sp³-hybridized carbons (Fsp3) is 0.500. The number of hydrogen-bond acceptors (Lipinski definition) is 5. The van der Waals surface area contributed by atoms with E-state index in [0.29, 0.717) is 12.6 Å². The van der Waals surface area contributed by atoms with Crippen LogP contribution in [0.15, 0.2) is 41.8 Å². The first-order valence-corrected chi connectivity index (χ1v) is 11.3. The Bertz CT molecular complexity index is 753.